The van der Waals surface area contributed by atoms with Crippen LogP contribution in [0.5, 0.6) is 5.75 Å². The number of benzene rings is 1. The van der Waals surface area contributed by atoms with Gasteiger partial charge in [0.05, 0.1) is 13.2 Å². The molecular formula is C14H21ClO2. The minimum absolute atomic E-state index is 0.498. The van der Waals surface area contributed by atoms with Crippen LogP contribution >= 0.6 is 11.6 Å². The molecule has 0 amide bonds. The van der Waals surface area contributed by atoms with E-state index in [-0.39, 0.29) is 0 Å². The van der Waals surface area contributed by atoms with Crippen LogP contribution in [0.4, 0.5) is 0 Å². The number of methoxy groups -OCH3 is 1. The zero-order valence-corrected chi connectivity index (χ0v) is 11.5. The van der Waals surface area contributed by atoms with Crippen molar-refractivity contribution in [1.29, 1.82) is 0 Å². The van der Waals surface area contributed by atoms with E-state index in [4.69, 9.17) is 16.3 Å². The van der Waals surface area contributed by atoms with Gasteiger partial charge in [-0.3, -0.25) is 0 Å². The molecule has 1 aromatic rings. The molecule has 3 heteroatoms. The third kappa shape index (κ3) is 4.57. The van der Waals surface area contributed by atoms with Crippen molar-refractivity contribution in [2.45, 2.75) is 39.2 Å². The average Bonchev–Trinajstić information content (AvgIpc) is 2.28. The first-order valence-electron chi connectivity index (χ1n) is 6.06. The first-order chi connectivity index (χ1) is 8.04. The van der Waals surface area contributed by atoms with E-state index in [1.807, 2.05) is 0 Å². The molecule has 0 fully saturated rings. The fraction of sp³-hybridized carbons (Fsp3) is 0.571. The summed E-state index contributed by atoms with van der Waals surface area (Å²) in [6.07, 6.45) is 2.38. The maximum Gasteiger partial charge on any atom is 0.124 e. The number of hydrogen-bond acceptors (Lipinski definition) is 2. The number of rotatable bonds is 6. The summed E-state index contributed by atoms with van der Waals surface area (Å²) in [5, 5.41) is 10.8. The molecule has 0 aromatic heterocycles. The number of aliphatic hydroxyl groups is 1. The van der Waals surface area contributed by atoms with E-state index in [0.29, 0.717) is 16.7 Å². The zero-order chi connectivity index (χ0) is 12.8. The van der Waals surface area contributed by atoms with E-state index in [9.17, 15) is 5.11 Å². The van der Waals surface area contributed by atoms with Crippen LogP contribution in [0.25, 0.3) is 0 Å². The Bertz CT molecular complexity index is 350. The quantitative estimate of drug-likeness (QED) is 0.826. The van der Waals surface area contributed by atoms with Gasteiger partial charge in [0.1, 0.15) is 5.75 Å². The molecular weight excluding hydrogens is 236 g/mol. The molecule has 0 bridgehead atoms. The van der Waals surface area contributed by atoms with Crippen molar-refractivity contribution in [3.8, 4) is 5.75 Å². The zero-order valence-electron chi connectivity index (χ0n) is 10.7. The smallest absolute Gasteiger partial charge is 0.124 e. The van der Waals surface area contributed by atoms with Crippen molar-refractivity contribution in [3.63, 3.8) is 0 Å². The Kier molecular flexibility index (Phi) is 5.79. The molecule has 0 aliphatic rings. The molecule has 0 aliphatic carbocycles. The Morgan fingerprint density at radius 1 is 1.29 bits per heavy atom. The molecule has 0 radical (unpaired) electrons. The van der Waals surface area contributed by atoms with Crippen molar-refractivity contribution < 1.29 is 9.84 Å². The molecule has 1 atom stereocenters. The summed E-state index contributed by atoms with van der Waals surface area (Å²) in [6.45, 7) is 4.37. The predicted molar refractivity (Wildman–Crippen MR) is 71.7 cm³/mol. The van der Waals surface area contributed by atoms with Gasteiger partial charge in [-0.15, -0.1) is 0 Å². The third-order valence-corrected chi connectivity index (χ3v) is 3.04. The predicted octanol–water partition coefficient (Wildman–Crippen LogP) is 4.21. The molecule has 17 heavy (non-hydrogen) atoms. The molecule has 96 valence electrons. The van der Waals surface area contributed by atoms with Gasteiger partial charge in [-0.2, -0.15) is 0 Å². The summed E-state index contributed by atoms with van der Waals surface area (Å²) in [6, 6.07) is 5.34. The van der Waals surface area contributed by atoms with Gasteiger partial charge in [0.25, 0.3) is 0 Å². The van der Waals surface area contributed by atoms with Gasteiger partial charge in [-0.05, 0) is 30.5 Å². The number of hydrogen-bond donors (Lipinski definition) is 1. The summed E-state index contributed by atoms with van der Waals surface area (Å²) in [4.78, 5) is 0. The molecule has 0 aliphatic heterocycles. The highest BCUT2D eigenvalue weighted by molar-refractivity contribution is 6.30. The van der Waals surface area contributed by atoms with Crippen molar-refractivity contribution in [1.82, 2.24) is 0 Å². The van der Waals surface area contributed by atoms with Crippen LogP contribution < -0.4 is 4.74 Å². The van der Waals surface area contributed by atoms with Crippen LogP contribution in [0.3, 0.4) is 0 Å². The average molecular weight is 257 g/mol. The summed E-state index contributed by atoms with van der Waals surface area (Å²) >= 11 is 5.94. The summed E-state index contributed by atoms with van der Waals surface area (Å²) in [7, 11) is 1.60. The second-order valence-corrected chi connectivity index (χ2v) is 5.16. The molecule has 0 spiro atoms. The van der Waals surface area contributed by atoms with E-state index < -0.39 is 6.10 Å². The molecule has 1 rings (SSSR count). The van der Waals surface area contributed by atoms with Crippen LogP contribution in [0.1, 0.15) is 44.8 Å². The highest BCUT2D eigenvalue weighted by Crippen LogP contribution is 2.31. The fourth-order valence-corrected chi connectivity index (χ4v) is 2.02. The highest BCUT2D eigenvalue weighted by Gasteiger charge is 2.13. The molecule has 0 saturated heterocycles. The van der Waals surface area contributed by atoms with Gasteiger partial charge in [0.15, 0.2) is 0 Å². The Hall–Kier alpha value is -0.730. The number of aliphatic hydroxyl groups excluding tert-OH is 1. The third-order valence-electron chi connectivity index (χ3n) is 2.81. The second kappa shape index (κ2) is 6.87. The molecule has 2 nitrogen and oxygen atoms in total. The van der Waals surface area contributed by atoms with E-state index in [0.717, 1.165) is 24.8 Å². The van der Waals surface area contributed by atoms with E-state index in [1.165, 1.54) is 0 Å². The van der Waals surface area contributed by atoms with Gasteiger partial charge in [-0.25, -0.2) is 0 Å². The minimum Gasteiger partial charge on any atom is -0.496 e. The van der Waals surface area contributed by atoms with E-state index in [2.05, 4.69) is 13.8 Å². The molecule has 0 saturated carbocycles. The number of halogens is 1. The van der Waals surface area contributed by atoms with Gasteiger partial charge >= 0.3 is 0 Å². The second-order valence-electron chi connectivity index (χ2n) is 4.73. The number of ether oxygens (including phenoxy) is 1. The minimum atomic E-state index is -0.498. The fourth-order valence-electron chi connectivity index (χ4n) is 1.84. The standard InChI is InChI=1S/C14H21ClO2/c1-10(2)5-4-6-13(16)12-9-11(15)7-8-14(12)17-3/h7-10,13,16H,4-6H2,1-3H3. The lowest BCUT2D eigenvalue weighted by atomic mass is 9.99. The molecule has 1 N–H and O–H groups in total. The highest BCUT2D eigenvalue weighted by atomic mass is 35.5. The Morgan fingerprint density at radius 2 is 2.00 bits per heavy atom. The molecule has 1 unspecified atom stereocenters. The van der Waals surface area contributed by atoms with Gasteiger partial charge < -0.3 is 9.84 Å². The lowest BCUT2D eigenvalue weighted by Gasteiger charge is -2.15. The van der Waals surface area contributed by atoms with Crippen molar-refractivity contribution in [2.75, 3.05) is 7.11 Å². The van der Waals surface area contributed by atoms with E-state index >= 15 is 0 Å². The monoisotopic (exact) mass is 256 g/mol. The van der Waals surface area contributed by atoms with Gasteiger partial charge in [-0.1, -0.05) is 38.3 Å². The topological polar surface area (TPSA) is 29.5 Å². The molecule has 0 heterocycles. The summed E-state index contributed by atoms with van der Waals surface area (Å²) in [5.74, 6) is 1.37. The first kappa shape index (κ1) is 14.3. The Morgan fingerprint density at radius 3 is 2.59 bits per heavy atom. The maximum absolute atomic E-state index is 10.1. The molecule has 1 aromatic carbocycles. The van der Waals surface area contributed by atoms with Crippen molar-refractivity contribution in [3.05, 3.63) is 28.8 Å². The Labute approximate surface area is 109 Å². The largest absolute Gasteiger partial charge is 0.496 e. The van der Waals surface area contributed by atoms with Crippen LogP contribution in [-0.2, 0) is 0 Å². The van der Waals surface area contributed by atoms with Crippen molar-refractivity contribution >= 4 is 11.6 Å². The Balaban J connectivity index is 2.66. The van der Waals surface area contributed by atoms with Crippen LogP contribution in [-0.4, -0.2) is 12.2 Å². The SMILES string of the molecule is COc1ccc(Cl)cc1C(O)CCCC(C)C. The van der Waals surface area contributed by atoms with E-state index in [1.54, 1.807) is 25.3 Å². The van der Waals surface area contributed by atoms with Gasteiger partial charge in [0.2, 0.25) is 0 Å². The first-order valence-corrected chi connectivity index (χ1v) is 6.44. The normalized spacial score (nSPS) is 12.8. The van der Waals surface area contributed by atoms with Crippen LogP contribution in [0.15, 0.2) is 18.2 Å². The van der Waals surface area contributed by atoms with Crippen molar-refractivity contribution in [2.24, 2.45) is 5.92 Å². The lowest BCUT2D eigenvalue weighted by molar-refractivity contribution is 0.158. The van der Waals surface area contributed by atoms with Crippen LogP contribution in [0.2, 0.25) is 5.02 Å². The van der Waals surface area contributed by atoms with Gasteiger partial charge in [0, 0.05) is 10.6 Å². The van der Waals surface area contributed by atoms with Crippen LogP contribution in [0, 0.1) is 5.92 Å². The summed E-state index contributed by atoms with van der Waals surface area (Å²) < 4.78 is 5.23. The maximum atomic E-state index is 10.1. The summed E-state index contributed by atoms with van der Waals surface area (Å²) in [5.41, 5.74) is 0.781. The lowest BCUT2D eigenvalue weighted by Crippen LogP contribution is -2.01.